The number of likely N-dealkylation sites (tertiary alicyclic amines) is 1. The Bertz CT molecular complexity index is 310. The van der Waals surface area contributed by atoms with Crippen molar-refractivity contribution in [3.63, 3.8) is 0 Å². The first-order chi connectivity index (χ1) is 7.15. The molecule has 1 aliphatic heterocycles. The van der Waals surface area contributed by atoms with Crippen molar-refractivity contribution in [3.8, 4) is 0 Å². The third kappa shape index (κ3) is 2.58. The molecule has 0 atom stereocenters. The van der Waals surface area contributed by atoms with Gasteiger partial charge in [-0.05, 0) is 17.0 Å². The summed E-state index contributed by atoms with van der Waals surface area (Å²) in [6.45, 7) is 7.59. The van der Waals surface area contributed by atoms with Gasteiger partial charge in [0.2, 0.25) is 0 Å². The number of hydrogen-bond acceptors (Lipinski definition) is 2. The Kier molecular flexibility index (Phi) is 3.08. The van der Waals surface area contributed by atoms with Crippen LogP contribution < -0.4 is 5.73 Å². The van der Waals surface area contributed by atoms with Gasteiger partial charge in [0.1, 0.15) is 0 Å². The van der Waals surface area contributed by atoms with Gasteiger partial charge in [-0.25, -0.2) is 0 Å². The number of benzene rings is 1. The highest BCUT2D eigenvalue weighted by molar-refractivity contribution is 5.24. The Morgan fingerprint density at radius 3 is 2.33 bits per heavy atom. The van der Waals surface area contributed by atoms with Gasteiger partial charge in [0, 0.05) is 25.7 Å². The Balaban J connectivity index is 1.92. The molecule has 2 N–H and O–H groups in total. The molecule has 15 heavy (non-hydrogen) atoms. The van der Waals surface area contributed by atoms with Gasteiger partial charge in [0.25, 0.3) is 0 Å². The summed E-state index contributed by atoms with van der Waals surface area (Å²) in [7, 11) is 0. The maximum absolute atomic E-state index is 5.74. The average molecular weight is 204 g/mol. The van der Waals surface area contributed by atoms with E-state index in [2.05, 4.69) is 43.0 Å². The maximum Gasteiger partial charge on any atom is 0.0297 e. The summed E-state index contributed by atoms with van der Waals surface area (Å²) in [5.74, 6) is 0.622. The minimum absolute atomic E-state index is 0.403. The van der Waals surface area contributed by atoms with E-state index in [1.165, 1.54) is 11.1 Å². The lowest BCUT2D eigenvalue weighted by Gasteiger charge is -2.36. The van der Waals surface area contributed by atoms with Crippen LogP contribution in [0.15, 0.2) is 24.3 Å². The predicted octanol–water partition coefficient (Wildman–Crippen LogP) is 1.95. The highest BCUT2D eigenvalue weighted by Gasteiger charge is 2.22. The van der Waals surface area contributed by atoms with Crippen LogP contribution in [-0.4, -0.2) is 24.0 Å². The lowest BCUT2D eigenvalue weighted by molar-refractivity contribution is 0.142. The Morgan fingerprint density at radius 1 is 1.27 bits per heavy atom. The van der Waals surface area contributed by atoms with Crippen molar-refractivity contribution in [1.29, 1.82) is 0 Å². The van der Waals surface area contributed by atoms with E-state index >= 15 is 0 Å². The van der Waals surface area contributed by atoms with E-state index in [9.17, 15) is 0 Å². The van der Waals surface area contributed by atoms with Gasteiger partial charge in [-0.15, -0.1) is 0 Å². The molecular formula is C13H20N2. The van der Waals surface area contributed by atoms with E-state index in [4.69, 9.17) is 5.73 Å². The third-order valence-electron chi connectivity index (χ3n) is 3.04. The molecule has 2 nitrogen and oxygen atoms in total. The molecular weight excluding hydrogens is 184 g/mol. The quantitative estimate of drug-likeness (QED) is 0.815. The lowest BCUT2D eigenvalue weighted by Crippen LogP contribution is -2.54. The molecule has 0 unspecified atom stereocenters. The summed E-state index contributed by atoms with van der Waals surface area (Å²) in [4.78, 5) is 2.38. The minimum Gasteiger partial charge on any atom is -0.325 e. The fraction of sp³-hybridized carbons (Fsp3) is 0.538. The minimum atomic E-state index is 0.403. The number of rotatable bonds is 3. The molecule has 82 valence electrons. The molecule has 1 aromatic carbocycles. The largest absolute Gasteiger partial charge is 0.325 e. The van der Waals surface area contributed by atoms with Crippen molar-refractivity contribution in [2.75, 3.05) is 13.1 Å². The fourth-order valence-electron chi connectivity index (χ4n) is 2.01. The second-order valence-electron chi connectivity index (χ2n) is 4.85. The van der Waals surface area contributed by atoms with Crippen molar-refractivity contribution in [3.05, 3.63) is 35.4 Å². The molecule has 0 bridgehead atoms. The highest BCUT2D eigenvalue weighted by Crippen LogP contribution is 2.17. The number of nitrogens with zero attached hydrogens (tertiary/aromatic N) is 1. The monoisotopic (exact) mass is 204 g/mol. The molecule has 0 spiro atoms. The van der Waals surface area contributed by atoms with Crippen LogP contribution in [0.2, 0.25) is 0 Å². The first-order valence-electron chi connectivity index (χ1n) is 5.72. The van der Waals surface area contributed by atoms with E-state index < -0.39 is 0 Å². The smallest absolute Gasteiger partial charge is 0.0297 e. The molecule has 0 aliphatic carbocycles. The van der Waals surface area contributed by atoms with Crippen LogP contribution in [0.25, 0.3) is 0 Å². The van der Waals surface area contributed by atoms with Crippen LogP contribution in [0, 0.1) is 0 Å². The molecule has 0 aromatic heterocycles. The van der Waals surface area contributed by atoms with Crippen LogP contribution >= 0.6 is 0 Å². The molecule has 1 aliphatic rings. The van der Waals surface area contributed by atoms with E-state index in [0.717, 1.165) is 19.6 Å². The van der Waals surface area contributed by atoms with Crippen molar-refractivity contribution >= 4 is 0 Å². The normalized spacial score (nSPS) is 18.1. The molecule has 1 saturated heterocycles. The van der Waals surface area contributed by atoms with Crippen molar-refractivity contribution in [1.82, 2.24) is 4.90 Å². The summed E-state index contributed by atoms with van der Waals surface area (Å²) in [5.41, 5.74) is 8.56. The Labute approximate surface area is 92.1 Å². The van der Waals surface area contributed by atoms with Crippen LogP contribution in [0.5, 0.6) is 0 Å². The summed E-state index contributed by atoms with van der Waals surface area (Å²) in [5, 5.41) is 0. The molecule has 1 heterocycles. The zero-order valence-corrected chi connectivity index (χ0v) is 9.61. The van der Waals surface area contributed by atoms with Crippen molar-refractivity contribution in [2.45, 2.75) is 32.4 Å². The van der Waals surface area contributed by atoms with Crippen LogP contribution in [0.3, 0.4) is 0 Å². The van der Waals surface area contributed by atoms with E-state index in [0.29, 0.717) is 12.0 Å². The van der Waals surface area contributed by atoms with Crippen molar-refractivity contribution in [2.24, 2.45) is 5.73 Å². The summed E-state index contributed by atoms with van der Waals surface area (Å²) < 4.78 is 0. The second-order valence-corrected chi connectivity index (χ2v) is 4.85. The molecule has 0 radical (unpaired) electrons. The van der Waals surface area contributed by atoms with Gasteiger partial charge in [0.05, 0.1) is 0 Å². The maximum atomic E-state index is 5.74. The van der Waals surface area contributed by atoms with E-state index in [1.54, 1.807) is 0 Å². The van der Waals surface area contributed by atoms with Gasteiger partial charge in [-0.3, -0.25) is 4.90 Å². The number of nitrogens with two attached hydrogens (primary N) is 1. The van der Waals surface area contributed by atoms with E-state index in [-0.39, 0.29) is 0 Å². The van der Waals surface area contributed by atoms with Gasteiger partial charge < -0.3 is 5.73 Å². The van der Waals surface area contributed by atoms with Crippen LogP contribution in [-0.2, 0) is 6.54 Å². The van der Waals surface area contributed by atoms with Gasteiger partial charge in [-0.1, -0.05) is 38.1 Å². The summed E-state index contributed by atoms with van der Waals surface area (Å²) in [6.07, 6.45) is 0. The van der Waals surface area contributed by atoms with Gasteiger partial charge >= 0.3 is 0 Å². The number of hydrogen-bond donors (Lipinski definition) is 1. The molecule has 2 rings (SSSR count). The molecule has 1 fully saturated rings. The standard InChI is InChI=1S/C13H20N2/c1-10(2)12-5-3-11(4-6-12)7-15-8-13(14)9-15/h3-6,10,13H,7-9,14H2,1-2H3. The lowest BCUT2D eigenvalue weighted by atomic mass is 10.0. The average Bonchev–Trinajstić information content (AvgIpc) is 2.16. The topological polar surface area (TPSA) is 29.3 Å². The van der Waals surface area contributed by atoms with Crippen LogP contribution in [0.4, 0.5) is 0 Å². The summed E-state index contributed by atoms with van der Waals surface area (Å²) in [6, 6.07) is 9.34. The Morgan fingerprint density at radius 2 is 1.87 bits per heavy atom. The SMILES string of the molecule is CC(C)c1ccc(CN2CC(N)C2)cc1. The Hall–Kier alpha value is -0.860. The first-order valence-corrected chi connectivity index (χ1v) is 5.72. The van der Waals surface area contributed by atoms with Gasteiger partial charge in [0.15, 0.2) is 0 Å². The highest BCUT2D eigenvalue weighted by atomic mass is 15.2. The predicted molar refractivity (Wildman–Crippen MR) is 63.8 cm³/mol. The zero-order chi connectivity index (χ0) is 10.8. The second kappa shape index (κ2) is 4.33. The van der Waals surface area contributed by atoms with Gasteiger partial charge in [-0.2, -0.15) is 0 Å². The van der Waals surface area contributed by atoms with Crippen molar-refractivity contribution < 1.29 is 0 Å². The van der Waals surface area contributed by atoms with E-state index in [1.807, 2.05) is 0 Å². The first kappa shape index (κ1) is 10.7. The molecule has 1 aromatic rings. The summed E-state index contributed by atoms with van der Waals surface area (Å²) >= 11 is 0. The zero-order valence-electron chi connectivity index (χ0n) is 9.61. The molecule has 2 heteroatoms. The van der Waals surface area contributed by atoms with Crippen LogP contribution in [0.1, 0.15) is 30.9 Å². The third-order valence-corrected chi connectivity index (χ3v) is 3.04. The molecule has 0 amide bonds. The molecule has 0 saturated carbocycles. The fourth-order valence-corrected chi connectivity index (χ4v) is 2.01.